The molecule has 0 atom stereocenters. The highest BCUT2D eigenvalue weighted by atomic mass is 32.2. The lowest BCUT2D eigenvalue weighted by Gasteiger charge is -2.14. The molecule has 1 aromatic carbocycles. The number of nitrogens with zero attached hydrogens (tertiary/aromatic N) is 1. The summed E-state index contributed by atoms with van der Waals surface area (Å²) < 4.78 is 10.9. The molecule has 1 aromatic rings. The fourth-order valence-corrected chi connectivity index (χ4v) is 3.56. The normalized spacial score (nSPS) is 15.8. The third-order valence-corrected chi connectivity index (χ3v) is 5.08. The second-order valence-electron chi connectivity index (χ2n) is 6.00. The summed E-state index contributed by atoms with van der Waals surface area (Å²) in [5.41, 5.74) is 0.807. The minimum atomic E-state index is -0.325. The Morgan fingerprint density at radius 2 is 2.08 bits per heavy atom. The fraction of sp³-hybridized carbons (Fsp3) is 0.389. The van der Waals surface area contributed by atoms with Crippen LogP contribution in [-0.4, -0.2) is 62.0 Å². The van der Waals surface area contributed by atoms with Gasteiger partial charge in [0.2, 0.25) is 0 Å². The molecule has 26 heavy (non-hydrogen) atoms. The van der Waals surface area contributed by atoms with E-state index in [-0.39, 0.29) is 24.8 Å². The number of quaternary nitrogens is 1. The number of methoxy groups -OCH3 is 1. The number of thioether (sulfide) groups is 1. The lowest BCUT2D eigenvalue weighted by molar-refractivity contribution is -0.858. The van der Waals surface area contributed by atoms with Crippen LogP contribution in [0.1, 0.15) is 12.0 Å². The highest BCUT2D eigenvalue weighted by Gasteiger charge is 2.32. The van der Waals surface area contributed by atoms with Crippen molar-refractivity contribution in [2.24, 2.45) is 0 Å². The summed E-state index contributed by atoms with van der Waals surface area (Å²) in [7, 11) is 5.56. The minimum Gasteiger partial charge on any atom is -0.496 e. The van der Waals surface area contributed by atoms with Crippen LogP contribution in [0.2, 0.25) is 0 Å². The Morgan fingerprint density at radius 3 is 2.77 bits per heavy atom. The first-order valence-corrected chi connectivity index (χ1v) is 9.48. The van der Waals surface area contributed by atoms with Crippen LogP contribution in [0, 0.1) is 0 Å². The Hall–Kier alpha value is -1.90. The molecular weight excluding hydrogens is 372 g/mol. The molecule has 8 heteroatoms. The molecular formula is C18H23N2O4S2+. The molecule has 1 N–H and O–H groups in total. The summed E-state index contributed by atoms with van der Waals surface area (Å²) in [6, 6.07) is 7.44. The van der Waals surface area contributed by atoms with E-state index in [0.717, 1.165) is 12.1 Å². The van der Waals surface area contributed by atoms with Crippen LogP contribution in [0.5, 0.6) is 5.75 Å². The van der Waals surface area contributed by atoms with Gasteiger partial charge in [-0.15, -0.1) is 0 Å². The largest absolute Gasteiger partial charge is 0.496 e. The lowest BCUT2D eigenvalue weighted by atomic mass is 10.2. The maximum absolute atomic E-state index is 12.6. The van der Waals surface area contributed by atoms with Crippen LogP contribution in [0.15, 0.2) is 29.2 Å². The van der Waals surface area contributed by atoms with Crippen molar-refractivity contribution in [1.29, 1.82) is 0 Å². The molecule has 0 unspecified atom stereocenters. The predicted octanol–water partition coefficient (Wildman–Crippen LogP) is 0.974. The maximum atomic E-state index is 12.6. The van der Waals surface area contributed by atoms with E-state index in [0.29, 0.717) is 21.6 Å². The molecule has 0 bridgehead atoms. The fourth-order valence-electron chi connectivity index (χ4n) is 2.26. The number of ether oxygens (including phenoxy) is 2. The number of thiocarbonyl (C=S) groups is 1. The number of benzene rings is 1. The Kier molecular flexibility index (Phi) is 7.62. The number of nitrogens with one attached hydrogen (secondary N) is 1. The van der Waals surface area contributed by atoms with Crippen LogP contribution in [0.25, 0.3) is 6.08 Å². The molecule has 6 nitrogen and oxygen atoms in total. The molecule has 0 spiro atoms. The van der Waals surface area contributed by atoms with Gasteiger partial charge < -0.3 is 14.4 Å². The highest BCUT2D eigenvalue weighted by molar-refractivity contribution is 8.26. The van der Waals surface area contributed by atoms with E-state index in [1.54, 1.807) is 13.2 Å². The van der Waals surface area contributed by atoms with Gasteiger partial charge in [-0.1, -0.05) is 42.2 Å². The highest BCUT2D eigenvalue weighted by Crippen LogP contribution is 2.34. The van der Waals surface area contributed by atoms with Gasteiger partial charge in [-0.05, 0) is 12.1 Å². The van der Waals surface area contributed by atoms with Gasteiger partial charge in [0.25, 0.3) is 5.91 Å². The number of carbonyl (C=O) groups is 2. The lowest BCUT2D eigenvalue weighted by Crippen LogP contribution is -3.06. The Labute approximate surface area is 163 Å². The van der Waals surface area contributed by atoms with E-state index in [1.807, 2.05) is 38.4 Å². The number of para-hydroxylation sites is 1. The van der Waals surface area contributed by atoms with E-state index in [2.05, 4.69) is 0 Å². The summed E-state index contributed by atoms with van der Waals surface area (Å²) >= 11 is 6.51. The number of carbonyl (C=O) groups excluding carboxylic acids is 2. The predicted molar refractivity (Wildman–Crippen MR) is 106 cm³/mol. The van der Waals surface area contributed by atoms with Crippen LogP contribution < -0.4 is 9.64 Å². The zero-order valence-electron chi connectivity index (χ0n) is 15.1. The van der Waals surface area contributed by atoms with Gasteiger partial charge in [-0.3, -0.25) is 14.5 Å². The summed E-state index contributed by atoms with van der Waals surface area (Å²) in [5.74, 6) is 0.162. The molecule has 2 rings (SSSR count). The number of amides is 1. The quantitative estimate of drug-likeness (QED) is 0.402. The van der Waals surface area contributed by atoms with Crippen LogP contribution >= 0.6 is 24.0 Å². The van der Waals surface area contributed by atoms with Crippen molar-refractivity contribution < 1.29 is 24.0 Å². The van der Waals surface area contributed by atoms with Crippen molar-refractivity contribution in [3.8, 4) is 5.75 Å². The maximum Gasteiger partial charge on any atom is 0.307 e. The Morgan fingerprint density at radius 1 is 1.35 bits per heavy atom. The van der Waals surface area contributed by atoms with Crippen LogP contribution in [-0.2, 0) is 14.3 Å². The van der Waals surface area contributed by atoms with Crippen molar-refractivity contribution in [2.75, 3.05) is 40.9 Å². The van der Waals surface area contributed by atoms with E-state index in [9.17, 15) is 9.59 Å². The first-order chi connectivity index (χ1) is 12.4. The van der Waals surface area contributed by atoms with Crippen LogP contribution in [0.3, 0.4) is 0 Å². The molecule has 0 aromatic heterocycles. The summed E-state index contributed by atoms with van der Waals surface area (Å²) in [4.78, 5) is 27.6. The number of rotatable bonds is 8. The average Bonchev–Trinajstić information content (AvgIpc) is 2.86. The SMILES string of the molecule is COc1ccccc1/C=C1\SC(=S)N(CCC(=O)OCC[NH+](C)C)C1=O. The minimum absolute atomic E-state index is 0.122. The Balaban J connectivity index is 1.96. The van der Waals surface area contributed by atoms with E-state index < -0.39 is 0 Å². The summed E-state index contributed by atoms with van der Waals surface area (Å²) in [6.07, 6.45) is 1.88. The molecule has 1 fully saturated rings. The van der Waals surface area contributed by atoms with Gasteiger partial charge in [-0.25, -0.2) is 0 Å². The molecule has 1 heterocycles. The second-order valence-corrected chi connectivity index (χ2v) is 7.68. The number of hydrogen-bond acceptors (Lipinski definition) is 6. The van der Waals surface area contributed by atoms with E-state index >= 15 is 0 Å². The first-order valence-electron chi connectivity index (χ1n) is 8.25. The molecule has 0 saturated carbocycles. The molecule has 0 radical (unpaired) electrons. The van der Waals surface area contributed by atoms with Gasteiger partial charge in [0.15, 0.2) is 0 Å². The average molecular weight is 396 g/mol. The molecule has 0 aliphatic carbocycles. The third kappa shape index (κ3) is 5.55. The topological polar surface area (TPSA) is 60.3 Å². The monoisotopic (exact) mass is 395 g/mol. The van der Waals surface area contributed by atoms with Crippen LogP contribution in [0.4, 0.5) is 0 Å². The smallest absolute Gasteiger partial charge is 0.307 e. The molecule has 1 amide bonds. The van der Waals surface area contributed by atoms with Crippen molar-refractivity contribution in [1.82, 2.24) is 4.90 Å². The van der Waals surface area contributed by atoms with Gasteiger partial charge >= 0.3 is 5.97 Å². The van der Waals surface area contributed by atoms with Crippen molar-refractivity contribution in [3.05, 3.63) is 34.7 Å². The standard InChI is InChI=1S/C18H22N2O4S2/c1-19(2)10-11-24-16(21)8-9-20-17(22)15(26-18(20)25)12-13-6-4-5-7-14(13)23-3/h4-7,12H,8-11H2,1-3H3/p+1/b15-12-. The summed E-state index contributed by atoms with van der Waals surface area (Å²) in [6.45, 7) is 1.34. The number of hydrogen-bond donors (Lipinski definition) is 1. The second kappa shape index (κ2) is 9.70. The van der Waals surface area contributed by atoms with E-state index in [4.69, 9.17) is 21.7 Å². The number of likely N-dealkylation sites (N-methyl/N-ethyl adjacent to an activating group) is 1. The number of esters is 1. The summed E-state index contributed by atoms with van der Waals surface area (Å²) in [5, 5.41) is 0. The first kappa shape index (κ1) is 20.4. The van der Waals surface area contributed by atoms with E-state index in [1.165, 1.54) is 21.6 Å². The van der Waals surface area contributed by atoms with Gasteiger partial charge in [0.05, 0.1) is 32.5 Å². The Bertz CT molecular complexity index is 719. The zero-order chi connectivity index (χ0) is 19.1. The van der Waals surface area contributed by atoms with Gasteiger partial charge in [-0.2, -0.15) is 0 Å². The van der Waals surface area contributed by atoms with Crippen molar-refractivity contribution in [2.45, 2.75) is 6.42 Å². The zero-order valence-corrected chi connectivity index (χ0v) is 16.7. The van der Waals surface area contributed by atoms with Gasteiger partial charge in [0.1, 0.15) is 23.2 Å². The molecule has 1 saturated heterocycles. The molecule has 140 valence electrons. The third-order valence-electron chi connectivity index (χ3n) is 3.70. The van der Waals surface area contributed by atoms with Crippen molar-refractivity contribution in [3.63, 3.8) is 0 Å². The molecule has 1 aliphatic heterocycles. The molecule has 1 aliphatic rings. The van der Waals surface area contributed by atoms with Crippen molar-refractivity contribution >= 4 is 46.3 Å². The van der Waals surface area contributed by atoms with Gasteiger partial charge in [0, 0.05) is 12.1 Å².